The minimum atomic E-state index is -0.553. The van der Waals surface area contributed by atoms with Crippen molar-refractivity contribution in [2.24, 2.45) is 0 Å². The van der Waals surface area contributed by atoms with Crippen LogP contribution in [-0.4, -0.2) is 46.2 Å². The zero-order chi connectivity index (χ0) is 35.1. The molecule has 0 saturated carbocycles. The minimum Gasteiger partial charge on any atom is -0.0632 e. The van der Waals surface area contributed by atoms with Crippen LogP contribution in [0.25, 0.3) is 0 Å². The molecule has 0 aliphatic heterocycles. The maximum atomic E-state index is 2.37. The first-order valence-corrected chi connectivity index (χ1v) is 21.5. The Morgan fingerprint density at radius 3 is 0.500 bits per heavy atom. The maximum Gasteiger partial charge on any atom is 0.0969 e. The third kappa shape index (κ3) is 15.0. The molecule has 3 aromatic rings. The number of hydrogen-bond acceptors (Lipinski definition) is 0. The van der Waals surface area contributed by atoms with Crippen molar-refractivity contribution in [2.75, 3.05) is 0 Å². The van der Waals surface area contributed by atoms with Crippen LogP contribution in [0, 0.1) is 0 Å². The summed E-state index contributed by atoms with van der Waals surface area (Å²) < 4.78 is 0. The van der Waals surface area contributed by atoms with Gasteiger partial charge < -0.3 is 0 Å². The molecule has 0 aliphatic carbocycles. The van der Waals surface area contributed by atoms with E-state index < -0.39 is 26.4 Å². The fraction of sp³-hybridized carbons (Fsp3) is 0.571. The predicted molar refractivity (Wildman–Crippen MR) is 220 cm³/mol. The van der Waals surface area contributed by atoms with Crippen molar-refractivity contribution < 1.29 is 0 Å². The summed E-state index contributed by atoms with van der Waals surface area (Å²) in [5.74, 6) is 0. The van der Waals surface area contributed by atoms with Crippen molar-refractivity contribution in [3.8, 4) is 0 Å². The molecule has 3 rings (SSSR count). The van der Waals surface area contributed by atoms with Gasteiger partial charge in [-0.1, -0.05) is 231 Å². The molecule has 0 amide bonds. The molecule has 0 fully saturated rings. The molecule has 0 N–H and O–H groups in total. The largest absolute Gasteiger partial charge is 0.0969 e. The van der Waals surface area contributed by atoms with E-state index in [1.165, 1.54) is 0 Å². The second kappa shape index (κ2) is 17.6. The smallest absolute Gasteiger partial charge is 0.0632 e. The van der Waals surface area contributed by atoms with Crippen LogP contribution < -0.4 is 15.6 Å². The van der Waals surface area contributed by atoms with Crippen LogP contribution in [0.4, 0.5) is 0 Å². The van der Waals surface area contributed by atoms with Crippen LogP contribution in [0.3, 0.4) is 0 Å². The van der Waals surface area contributed by atoms with Gasteiger partial charge in [0.2, 0.25) is 0 Å². The fourth-order valence-electron chi connectivity index (χ4n) is 7.79. The van der Waals surface area contributed by atoms with Crippen LogP contribution in [0.5, 0.6) is 0 Å². The topological polar surface area (TPSA) is 0 Å². The van der Waals surface area contributed by atoms with E-state index in [4.69, 9.17) is 0 Å². The van der Waals surface area contributed by atoms with Gasteiger partial charge in [-0.25, -0.2) is 0 Å². The summed E-state index contributed by atoms with van der Waals surface area (Å²) in [6.07, 6.45) is 0. The number of benzene rings is 3. The summed E-state index contributed by atoms with van der Waals surface area (Å²) in [5.41, 5.74) is 0. The van der Waals surface area contributed by atoms with E-state index in [1.807, 2.05) is 0 Å². The van der Waals surface area contributed by atoms with Gasteiger partial charge in [0.05, 0.1) is 26.4 Å². The maximum absolute atomic E-state index is 2.37. The first-order valence-electron chi connectivity index (χ1n) is 17.0. The molecular weight excluding hydrogens is 658 g/mol. The standard InChI is InChI=1S/3C14H23Si.Ga/c3*1-13(2,3)15(14(4,5)6)12-10-8-7-9-11-12;/h3*7-11H,1-6H3;. The van der Waals surface area contributed by atoms with Crippen LogP contribution in [0.15, 0.2) is 91.0 Å². The second-order valence-electron chi connectivity index (χ2n) is 18.7. The summed E-state index contributed by atoms with van der Waals surface area (Å²) >= 11 is 0. The van der Waals surface area contributed by atoms with Crippen molar-refractivity contribution in [3.05, 3.63) is 91.0 Å². The second-order valence-corrected chi connectivity index (χ2v) is 31.7. The van der Waals surface area contributed by atoms with Crippen molar-refractivity contribution >= 4 is 61.7 Å². The van der Waals surface area contributed by atoms with Crippen LogP contribution in [-0.2, 0) is 0 Å². The summed E-state index contributed by atoms with van der Waals surface area (Å²) in [4.78, 5) is 0. The molecule has 0 saturated heterocycles. The van der Waals surface area contributed by atoms with E-state index in [-0.39, 0.29) is 19.8 Å². The van der Waals surface area contributed by atoms with E-state index in [0.29, 0.717) is 30.2 Å². The average Bonchev–Trinajstić information content (AvgIpc) is 2.81. The normalized spacial score (nSPS) is 13.0. The SMILES string of the molecule is CC(C)(C)[Si](c1ccccc1)C(C)(C)C.CC(C)(C)[Si](c1ccccc1)C(C)(C)C.CC(C)(C)[Si](c1ccccc1)C(C)(C)C.[Ga]. The zero-order valence-electron chi connectivity index (χ0n) is 33.2. The Kier molecular flexibility index (Phi) is 17.2. The van der Waals surface area contributed by atoms with Gasteiger partial charge in [-0.15, -0.1) is 0 Å². The van der Waals surface area contributed by atoms with E-state index in [1.54, 1.807) is 15.6 Å². The van der Waals surface area contributed by atoms with Crippen molar-refractivity contribution in [1.29, 1.82) is 0 Å². The van der Waals surface area contributed by atoms with Crippen molar-refractivity contribution in [1.82, 2.24) is 0 Å². The van der Waals surface area contributed by atoms with Gasteiger partial charge in [-0.3, -0.25) is 0 Å². The van der Waals surface area contributed by atoms with Gasteiger partial charge in [0.15, 0.2) is 0 Å². The van der Waals surface area contributed by atoms with Gasteiger partial charge in [-0.05, 0) is 30.2 Å². The molecule has 0 aliphatic rings. The van der Waals surface area contributed by atoms with Crippen molar-refractivity contribution in [2.45, 2.75) is 155 Å². The molecule has 252 valence electrons. The summed E-state index contributed by atoms with van der Waals surface area (Å²) in [6, 6.07) is 33.1. The molecule has 0 atom stereocenters. The van der Waals surface area contributed by atoms with Gasteiger partial charge >= 0.3 is 0 Å². The Balaban J connectivity index is 0.000000653. The molecule has 0 unspecified atom stereocenters. The predicted octanol–water partition coefficient (Wildman–Crippen LogP) is 11.6. The van der Waals surface area contributed by atoms with Crippen LogP contribution in [0.2, 0.25) is 30.2 Å². The number of rotatable bonds is 3. The third-order valence-corrected chi connectivity index (χ3v) is 19.4. The molecule has 3 aromatic carbocycles. The quantitative estimate of drug-likeness (QED) is 0.236. The Morgan fingerprint density at radius 2 is 0.391 bits per heavy atom. The third-order valence-electron chi connectivity index (χ3n) is 7.69. The molecule has 0 aromatic heterocycles. The van der Waals surface area contributed by atoms with E-state index in [0.717, 1.165) is 0 Å². The van der Waals surface area contributed by atoms with Crippen LogP contribution in [0.1, 0.15) is 125 Å². The molecule has 0 bridgehead atoms. The Labute approximate surface area is 305 Å². The molecule has 0 heterocycles. The molecule has 4 heteroatoms. The van der Waals surface area contributed by atoms with Crippen molar-refractivity contribution in [3.63, 3.8) is 0 Å². The van der Waals surface area contributed by atoms with E-state index in [9.17, 15) is 0 Å². The Bertz CT molecular complexity index is 1030. The molecule has 0 spiro atoms. The first-order chi connectivity index (χ1) is 20.2. The Morgan fingerprint density at radius 1 is 0.261 bits per heavy atom. The average molecular weight is 728 g/mol. The zero-order valence-corrected chi connectivity index (χ0v) is 38.7. The molecule has 6 radical (unpaired) electrons. The molecular formula is C42H69GaSi3. The van der Waals surface area contributed by atoms with Gasteiger partial charge in [-0.2, -0.15) is 0 Å². The van der Waals surface area contributed by atoms with E-state index >= 15 is 0 Å². The molecule has 46 heavy (non-hydrogen) atoms. The Hall–Kier alpha value is -1.05. The van der Waals surface area contributed by atoms with Gasteiger partial charge in [0.1, 0.15) is 0 Å². The summed E-state index contributed by atoms with van der Waals surface area (Å²) in [6.45, 7) is 42.7. The molecule has 0 nitrogen and oxygen atoms in total. The minimum absolute atomic E-state index is 0. The number of hydrogen-bond donors (Lipinski definition) is 0. The van der Waals surface area contributed by atoms with Crippen LogP contribution >= 0.6 is 0 Å². The van der Waals surface area contributed by atoms with Gasteiger partial charge in [0, 0.05) is 19.8 Å². The first kappa shape index (κ1) is 44.9. The van der Waals surface area contributed by atoms with E-state index in [2.05, 4.69) is 216 Å². The summed E-state index contributed by atoms with van der Waals surface area (Å²) in [7, 11) is -1.66. The monoisotopic (exact) mass is 726 g/mol. The summed E-state index contributed by atoms with van der Waals surface area (Å²) in [5, 5.41) is 7.12. The van der Waals surface area contributed by atoms with Gasteiger partial charge in [0.25, 0.3) is 0 Å². The fourth-order valence-corrected chi connectivity index (χ4v) is 21.3.